The number of carbonyl (C=O) groups excluding carboxylic acids is 2. The van der Waals surface area contributed by atoms with Gasteiger partial charge in [0.1, 0.15) is 0 Å². The summed E-state index contributed by atoms with van der Waals surface area (Å²) in [5.41, 5.74) is 1.91. The Morgan fingerprint density at radius 1 is 1.05 bits per heavy atom. The van der Waals surface area contributed by atoms with Crippen molar-refractivity contribution in [2.75, 3.05) is 0 Å². The Bertz CT molecular complexity index is 537. The summed E-state index contributed by atoms with van der Waals surface area (Å²) in [5.74, 6) is 2.01. The van der Waals surface area contributed by atoms with Crippen molar-refractivity contribution in [1.29, 1.82) is 0 Å². The average molecular weight is 256 g/mol. The molecule has 0 aromatic carbocycles. The second-order valence-corrected chi connectivity index (χ2v) is 7.36. The fraction of sp³-hybridized carbons (Fsp3) is 0.647. The van der Waals surface area contributed by atoms with Crippen molar-refractivity contribution in [1.82, 2.24) is 0 Å². The number of fused-ring (bicyclic) bond motifs is 1. The van der Waals surface area contributed by atoms with E-state index in [0.29, 0.717) is 17.3 Å². The number of carbonyl (C=O) groups is 2. The normalized spacial score (nSPS) is 46.0. The van der Waals surface area contributed by atoms with Gasteiger partial charge in [0.2, 0.25) is 0 Å². The third-order valence-corrected chi connectivity index (χ3v) is 6.42. The van der Waals surface area contributed by atoms with Crippen LogP contribution in [0.5, 0.6) is 0 Å². The van der Waals surface area contributed by atoms with Crippen molar-refractivity contribution in [3.63, 3.8) is 0 Å². The van der Waals surface area contributed by atoms with Gasteiger partial charge in [0.05, 0.1) is 0 Å². The summed E-state index contributed by atoms with van der Waals surface area (Å²) in [7, 11) is 0. The van der Waals surface area contributed by atoms with E-state index in [2.05, 4.69) is 19.9 Å². The second kappa shape index (κ2) is 3.47. The third-order valence-electron chi connectivity index (χ3n) is 6.42. The van der Waals surface area contributed by atoms with Gasteiger partial charge in [0.15, 0.2) is 11.6 Å². The van der Waals surface area contributed by atoms with Gasteiger partial charge >= 0.3 is 0 Å². The Hall–Kier alpha value is -1.18. The number of ketones is 2. The minimum Gasteiger partial charge on any atom is -0.295 e. The second-order valence-electron chi connectivity index (χ2n) is 7.36. The smallest absolute Gasteiger partial charge is 0.160 e. The van der Waals surface area contributed by atoms with Crippen LogP contribution in [0.15, 0.2) is 23.8 Å². The maximum absolute atomic E-state index is 12.2. The fourth-order valence-corrected chi connectivity index (χ4v) is 5.11. The number of rotatable bonds is 0. The van der Waals surface area contributed by atoms with Gasteiger partial charge in [-0.2, -0.15) is 0 Å². The fourth-order valence-electron chi connectivity index (χ4n) is 5.11. The molecule has 0 amide bonds. The summed E-state index contributed by atoms with van der Waals surface area (Å²) in [6, 6.07) is 0. The van der Waals surface area contributed by atoms with Crippen molar-refractivity contribution >= 4 is 11.6 Å². The molecule has 5 atom stereocenters. The van der Waals surface area contributed by atoms with Crippen molar-refractivity contribution in [3.8, 4) is 0 Å². The molecule has 0 aromatic rings. The Morgan fingerprint density at radius 2 is 1.79 bits per heavy atom. The minimum absolute atomic E-state index is 0.0427. The molecule has 3 saturated carbocycles. The quantitative estimate of drug-likeness (QED) is 0.624. The summed E-state index contributed by atoms with van der Waals surface area (Å²) in [6.45, 7) is 4.73. The summed E-state index contributed by atoms with van der Waals surface area (Å²) in [4.78, 5) is 24.2. The molecule has 0 aromatic heterocycles. The van der Waals surface area contributed by atoms with E-state index in [1.165, 1.54) is 24.1 Å². The first-order valence-corrected chi connectivity index (χ1v) is 7.46. The van der Waals surface area contributed by atoms with E-state index in [1.54, 1.807) is 0 Å². The molecule has 3 fully saturated rings. The predicted octanol–water partition coefficient (Wildman–Crippen LogP) is 2.94. The first-order chi connectivity index (χ1) is 9.00. The molecule has 0 N–H and O–H groups in total. The molecule has 2 heteroatoms. The highest BCUT2D eigenvalue weighted by atomic mass is 16.1. The van der Waals surface area contributed by atoms with Gasteiger partial charge in [0, 0.05) is 11.8 Å². The molecule has 19 heavy (non-hydrogen) atoms. The van der Waals surface area contributed by atoms with E-state index in [-0.39, 0.29) is 23.4 Å². The van der Waals surface area contributed by atoms with Crippen LogP contribution in [0, 0.1) is 35.0 Å². The molecule has 0 heterocycles. The highest BCUT2D eigenvalue weighted by molar-refractivity contribution is 6.07. The van der Waals surface area contributed by atoms with Crippen LogP contribution in [0.4, 0.5) is 0 Å². The van der Waals surface area contributed by atoms with Crippen molar-refractivity contribution < 1.29 is 9.59 Å². The van der Waals surface area contributed by atoms with Gasteiger partial charge in [0.25, 0.3) is 0 Å². The van der Waals surface area contributed by atoms with E-state index >= 15 is 0 Å². The lowest BCUT2D eigenvalue weighted by Crippen LogP contribution is -2.56. The number of hydrogen-bond donors (Lipinski definition) is 0. The van der Waals surface area contributed by atoms with Gasteiger partial charge in [-0.3, -0.25) is 9.59 Å². The summed E-state index contributed by atoms with van der Waals surface area (Å²) >= 11 is 0. The molecule has 0 radical (unpaired) electrons. The Labute approximate surface area is 113 Å². The molecule has 5 rings (SSSR count). The van der Waals surface area contributed by atoms with Gasteiger partial charge < -0.3 is 0 Å². The molecule has 5 aliphatic rings. The molecule has 0 saturated heterocycles. The number of allylic oxidation sites excluding steroid dienone is 4. The van der Waals surface area contributed by atoms with E-state index in [4.69, 9.17) is 0 Å². The summed E-state index contributed by atoms with van der Waals surface area (Å²) in [5, 5.41) is 0. The van der Waals surface area contributed by atoms with E-state index in [9.17, 15) is 9.59 Å². The lowest BCUT2D eigenvalue weighted by molar-refractivity contribution is -0.135. The molecule has 100 valence electrons. The first-order valence-electron chi connectivity index (χ1n) is 7.46. The molecule has 2 nitrogen and oxygen atoms in total. The molecule has 2 bridgehead atoms. The zero-order chi connectivity index (χ0) is 13.4. The van der Waals surface area contributed by atoms with E-state index < -0.39 is 0 Å². The van der Waals surface area contributed by atoms with Crippen LogP contribution < -0.4 is 0 Å². The molecule has 0 spiro atoms. The zero-order valence-electron chi connectivity index (χ0n) is 11.6. The van der Waals surface area contributed by atoms with Crippen LogP contribution in [0.2, 0.25) is 0 Å². The lowest BCUT2D eigenvalue weighted by atomic mass is 9.42. The summed E-state index contributed by atoms with van der Waals surface area (Å²) in [6.07, 6.45) is 8.52. The van der Waals surface area contributed by atoms with Crippen molar-refractivity contribution in [2.24, 2.45) is 35.0 Å². The Morgan fingerprint density at radius 3 is 2.53 bits per heavy atom. The zero-order valence-corrected chi connectivity index (χ0v) is 11.6. The van der Waals surface area contributed by atoms with Gasteiger partial charge in [-0.25, -0.2) is 0 Å². The van der Waals surface area contributed by atoms with Crippen LogP contribution in [0.25, 0.3) is 0 Å². The predicted molar refractivity (Wildman–Crippen MR) is 72.3 cm³/mol. The monoisotopic (exact) mass is 256 g/mol. The minimum atomic E-state index is -0.0631. The van der Waals surface area contributed by atoms with Gasteiger partial charge in [-0.15, -0.1) is 0 Å². The van der Waals surface area contributed by atoms with Crippen LogP contribution in [-0.4, -0.2) is 11.6 Å². The largest absolute Gasteiger partial charge is 0.295 e. The Balaban J connectivity index is 1.75. The maximum Gasteiger partial charge on any atom is 0.160 e. The summed E-state index contributed by atoms with van der Waals surface area (Å²) < 4.78 is 0. The SMILES string of the molecule is CC1(C)[C@@H]2C[C@H]3C(=CC[C@H]4C(=O)C=CC(=O)[C@H]43)[C@@H]1C2. The van der Waals surface area contributed by atoms with E-state index in [0.717, 1.165) is 18.8 Å². The van der Waals surface area contributed by atoms with Gasteiger partial charge in [-0.05, 0) is 54.6 Å². The molecule has 0 unspecified atom stereocenters. The van der Waals surface area contributed by atoms with Crippen LogP contribution >= 0.6 is 0 Å². The van der Waals surface area contributed by atoms with E-state index in [1.807, 2.05) is 0 Å². The topological polar surface area (TPSA) is 34.1 Å². The third kappa shape index (κ3) is 1.32. The maximum atomic E-state index is 12.2. The molecular formula is C17H20O2. The standard InChI is InChI=1S/C17H20O2/c1-17(2)9-7-12-10(13(17)8-9)3-4-11-14(18)5-6-15(19)16(11)12/h3,5-6,9,11-13,16H,4,7-8H2,1-2H3/t9-,11+,12+,13+,16-/m1/s1. The van der Waals surface area contributed by atoms with Crippen LogP contribution in [-0.2, 0) is 9.59 Å². The highest BCUT2D eigenvalue weighted by Gasteiger charge is 2.59. The average Bonchev–Trinajstić information content (AvgIpc) is 2.41. The highest BCUT2D eigenvalue weighted by Crippen LogP contribution is 2.65. The van der Waals surface area contributed by atoms with Crippen LogP contribution in [0.1, 0.15) is 33.1 Å². The van der Waals surface area contributed by atoms with Crippen LogP contribution in [0.3, 0.4) is 0 Å². The van der Waals surface area contributed by atoms with Crippen molar-refractivity contribution in [2.45, 2.75) is 33.1 Å². The van der Waals surface area contributed by atoms with Crippen molar-refractivity contribution in [3.05, 3.63) is 23.8 Å². The lowest BCUT2D eigenvalue weighted by Gasteiger charge is -2.62. The van der Waals surface area contributed by atoms with Gasteiger partial charge in [-0.1, -0.05) is 25.5 Å². The molecule has 5 aliphatic carbocycles. The first kappa shape index (κ1) is 11.6. The number of hydrogen-bond acceptors (Lipinski definition) is 2. The molecule has 0 aliphatic heterocycles. The molecular weight excluding hydrogens is 236 g/mol. The Kier molecular flexibility index (Phi) is 2.13.